The number of amides is 2. The Morgan fingerprint density at radius 2 is 1.66 bits per heavy atom. The first kappa shape index (κ1) is 19.9. The Morgan fingerprint density at radius 1 is 0.931 bits per heavy atom. The lowest BCUT2D eigenvalue weighted by atomic mass is 10.1. The highest BCUT2D eigenvalue weighted by molar-refractivity contribution is 6.09. The van der Waals surface area contributed by atoms with Crippen LogP contribution in [0.1, 0.15) is 20.7 Å². The van der Waals surface area contributed by atoms with Gasteiger partial charge >= 0.3 is 0 Å². The zero-order chi connectivity index (χ0) is 20.8. The standard InChI is InChI=1S/C22H21N3O4/c1-25(17-7-5-4-6-8-17)22(27)16-11-15(13-23-14-16)21(26)24-19-10-9-18(28-2)12-20(19)29-3/h4-14H,1-3H3,(H,24,26). The highest BCUT2D eigenvalue weighted by Gasteiger charge is 2.17. The minimum absolute atomic E-state index is 0.259. The second kappa shape index (κ2) is 8.88. The molecule has 0 aliphatic heterocycles. The number of hydrogen-bond donors (Lipinski definition) is 1. The zero-order valence-corrected chi connectivity index (χ0v) is 16.4. The molecule has 0 radical (unpaired) electrons. The fraction of sp³-hybridized carbons (Fsp3) is 0.136. The van der Waals surface area contributed by atoms with Crippen LogP contribution in [0.3, 0.4) is 0 Å². The van der Waals surface area contributed by atoms with Crippen molar-refractivity contribution in [2.24, 2.45) is 0 Å². The van der Waals surface area contributed by atoms with Crippen LogP contribution in [0.2, 0.25) is 0 Å². The van der Waals surface area contributed by atoms with E-state index in [1.807, 2.05) is 30.3 Å². The number of anilines is 2. The molecule has 0 bridgehead atoms. The van der Waals surface area contributed by atoms with Gasteiger partial charge in [-0.3, -0.25) is 14.6 Å². The number of para-hydroxylation sites is 1. The second-order valence-electron chi connectivity index (χ2n) is 6.18. The van der Waals surface area contributed by atoms with Gasteiger partial charge in [-0.25, -0.2) is 0 Å². The van der Waals surface area contributed by atoms with Crippen LogP contribution in [0.25, 0.3) is 0 Å². The fourth-order valence-electron chi connectivity index (χ4n) is 2.74. The van der Waals surface area contributed by atoms with Crippen molar-refractivity contribution < 1.29 is 19.1 Å². The molecular weight excluding hydrogens is 370 g/mol. The predicted octanol–water partition coefficient (Wildman–Crippen LogP) is 3.63. The number of aromatic nitrogens is 1. The van der Waals surface area contributed by atoms with Gasteiger partial charge < -0.3 is 19.7 Å². The predicted molar refractivity (Wildman–Crippen MR) is 111 cm³/mol. The van der Waals surface area contributed by atoms with Gasteiger partial charge in [-0.15, -0.1) is 0 Å². The summed E-state index contributed by atoms with van der Waals surface area (Å²) in [7, 11) is 4.73. The topological polar surface area (TPSA) is 80.8 Å². The number of hydrogen-bond acceptors (Lipinski definition) is 5. The van der Waals surface area contributed by atoms with E-state index in [0.29, 0.717) is 22.7 Å². The van der Waals surface area contributed by atoms with Crippen LogP contribution in [0.4, 0.5) is 11.4 Å². The number of pyridine rings is 1. The number of nitrogens with one attached hydrogen (secondary N) is 1. The first-order chi connectivity index (χ1) is 14.0. The number of methoxy groups -OCH3 is 2. The molecule has 1 N–H and O–H groups in total. The van der Waals surface area contributed by atoms with E-state index in [4.69, 9.17) is 9.47 Å². The maximum Gasteiger partial charge on any atom is 0.259 e. The monoisotopic (exact) mass is 391 g/mol. The third-order valence-corrected chi connectivity index (χ3v) is 4.35. The Morgan fingerprint density at radius 3 is 2.34 bits per heavy atom. The van der Waals surface area contributed by atoms with Crippen molar-refractivity contribution in [2.45, 2.75) is 0 Å². The van der Waals surface area contributed by atoms with Crippen LogP contribution in [0.15, 0.2) is 67.0 Å². The average molecular weight is 391 g/mol. The summed E-state index contributed by atoms with van der Waals surface area (Å²) in [4.78, 5) is 31.0. The molecule has 0 aliphatic carbocycles. The summed E-state index contributed by atoms with van der Waals surface area (Å²) in [5.41, 5.74) is 1.80. The molecule has 0 fully saturated rings. The summed E-state index contributed by atoms with van der Waals surface area (Å²) in [5, 5.41) is 2.77. The van der Waals surface area contributed by atoms with Crippen molar-refractivity contribution in [3.8, 4) is 11.5 Å². The molecule has 148 valence electrons. The molecule has 0 saturated heterocycles. The van der Waals surface area contributed by atoms with E-state index in [2.05, 4.69) is 10.3 Å². The minimum Gasteiger partial charge on any atom is -0.497 e. The molecule has 29 heavy (non-hydrogen) atoms. The van der Waals surface area contributed by atoms with Crippen LogP contribution in [0.5, 0.6) is 11.5 Å². The van der Waals surface area contributed by atoms with Crippen molar-refractivity contribution in [3.05, 3.63) is 78.1 Å². The minimum atomic E-state index is -0.405. The molecule has 2 amide bonds. The van der Waals surface area contributed by atoms with E-state index >= 15 is 0 Å². The lowest BCUT2D eigenvalue weighted by Gasteiger charge is -2.17. The SMILES string of the molecule is COc1ccc(NC(=O)c2cncc(C(=O)N(C)c3ccccc3)c2)c(OC)c1. The van der Waals surface area contributed by atoms with Crippen molar-refractivity contribution in [1.29, 1.82) is 0 Å². The molecular formula is C22H21N3O4. The van der Waals surface area contributed by atoms with Gasteiger partial charge in [0.1, 0.15) is 11.5 Å². The number of carbonyl (C=O) groups is 2. The van der Waals surface area contributed by atoms with E-state index in [1.165, 1.54) is 30.5 Å². The van der Waals surface area contributed by atoms with Gasteiger partial charge in [-0.05, 0) is 30.3 Å². The molecule has 0 atom stereocenters. The second-order valence-corrected chi connectivity index (χ2v) is 6.18. The lowest BCUT2D eigenvalue weighted by Crippen LogP contribution is -2.26. The highest BCUT2D eigenvalue weighted by atomic mass is 16.5. The average Bonchev–Trinajstić information content (AvgIpc) is 2.78. The molecule has 3 aromatic rings. The van der Waals surface area contributed by atoms with Crippen molar-refractivity contribution >= 4 is 23.2 Å². The number of ether oxygens (including phenoxy) is 2. The molecule has 0 spiro atoms. The summed E-state index contributed by atoms with van der Waals surface area (Å²) in [6, 6.07) is 15.8. The van der Waals surface area contributed by atoms with Gasteiger partial charge in [-0.2, -0.15) is 0 Å². The molecule has 1 heterocycles. The van der Waals surface area contributed by atoms with Crippen molar-refractivity contribution in [2.75, 3.05) is 31.5 Å². The lowest BCUT2D eigenvalue weighted by molar-refractivity contribution is 0.0992. The summed E-state index contributed by atoms with van der Waals surface area (Å²) in [6.07, 6.45) is 2.84. The molecule has 7 heteroatoms. The summed E-state index contributed by atoms with van der Waals surface area (Å²) >= 11 is 0. The van der Waals surface area contributed by atoms with Crippen LogP contribution >= 0.6 is 0 Å². The number of benzene rings is 2. The Labute approximate surface area is 168 Å². The number of rotatable bonds is 6. The van der Waals surface area contributed by atoms with Crippen molar-refractivity contribution in [3.63, 3.8) is 0 Å². The first-order valence-electron chi connectivity index (χ1n) is 8.85. The van der Waals surface area contributed by atoms with E-state index in [1.54, 1.807) is 32.4 Å². The van der Waals surface area contributed by atoms with Gasteiger partial charge in [0.05, 0.1) is 31.0 Å². The maximum atomic E-state index is 12.8. The Hall–Kier alpha value is -3.87. The van der Waals surface area contributed by atoms with Gasteiger partial charge in [0.25, 0.3) is 11.8 Å². The van der Waals surface area contributed by atoms with Crippen molar-refractivity contribution in [1.82, 2.24) is 4.98 Å². The van der Waals surface area contributed by atoms with Crippen LogP contribution < -0.4 is 19.7 Å². The largest absolute Gasteiger partial charge is 0.497 e. The number of nitrogens with zero attached hydrogens (tertiary/aromatic N) is 2. The van der Waals surface area contributed by atoms with E-state index < -0.39 is 5.91 Å². The van der Waals surface area contributed by atoms with Crippen LogP contribution in [0, 0.1) is 0 Å². The quantitative estimate of drug-likeness (QED) is 0.694. The Bertz CT molecular complexity index is 1020. The summed E-state index contributed by atoms with van der Waals surface area (Å²) in [6.45, 7) is 0. The third-order valence-electron chi connectivity index (χ3n) is 4.35. The van der Waals surface area contributed by atoms with Gasteiger partial charge in [-0.1, -0.05) is 18.2 Å². The molecule has 0 saturated carbocycles. The Balaban J connectivity index is 1.80. The molecule has 3 rings (SSSR count). The highest BCUT2D eigenvalue weighted by Crippen LogP contribution is 2.29. The van der Waals surface area contributed by atoms with Crippen LogP contribution in [-0.4, -0.2) is 38.1 Å². The molecule has 0 aliphatic rings. The Kier molecular flexibility index (Phi) is 6.09. The molecule has 1 aromatic heterocycles. The molecule has 7 nitrogen and oxygen atoms in total. The summed E-state index contributed by atoms with van der Waals surface area (Å²) < 4.78 is 10.5. The maximum absolute atomic E-state index is 12.8. The van der Waals surface area contributed by atoms with Gasteiger partial charge in [0.15, 0.2) is 0 Å². The summed E-state index contributed by atoms with van der Waals surface area (Å²) in [5.74, 6) is 0.401. The number of carbonyl (C=O) groups excluding carboxylic acids is 2. The smallest absolute Gasteiger partial charge is 0.259 e. The van der Waals surface area contributed by atoms with Crippen LogP contribution in [-0.2, 0) is 0 Å². The fourth-order valence-corrected chi connectivity index (χ4v) is 2.74. The molecule has 2 aromatic carbocycles. The van der Waals surface area contributed by atoms with Gasteiger partial charge in [0, 0.05) is 31.2 Å². The molecule has 0 unspecified atom stereocenters. The normalized spacial score (nSPS) is 10.2. The third kappa shape index (κ3) is 4.52. The first-order valence-corrected chi connectivity index (χ1v) is 8.85. The van der Waals surface area contributed by atoms with E-state index in [0.717, 1.165) is 5.69 Å². The van der Waals surface area contributed by atoms with E-state index in [-0.39, 0.29) is 11.5 Å². The zero-order valence-electron chi connectivity index (χ0n) is 16.4. The van der Waals surface area contributed by atoms with E-state index in [9.17, 15) is 9.59 Å². The van der Waals surface area contributed by atoms with Gasteiger partial charge in [0.2, 0.25) is 0 Å².